The topological polar surface area (TPSA) is 54.1 Å². The third kappa shape index (κ3) is 3.53. The highest BCUT2D eigenvalue weighted by Gasteiger charge is 2.18. The van der Waals surface area contributed by atoms with Crippen LogP contribution in [-0.2, 0) is 0 Å². The zero-order valence-corrected chi connectivity index (χ0v) is 11.8. The van der Waals surface area contributed by atoms with E-state index in [1.807, 2.05) is 24.3 Å². The number of halogens is 1. The number of hydrogen-bond donors (Lipinski definition) is 1. The average Bonchev–Trinajstić information content (AvgIpc) is 2.53. The molecule has 5 nitrogen and oxygen atoms in total. The van der Waals surface area contributed by atoms with Crippen LogP contribution in [0, 0.1) is 0 Å². The molecule has 1 fully saturated rings. The molecule has 2 rings (SSSR count). The number of nitrogens with zero attached hydrogens (tertiary/aromatic N) is 3. The predicted molar refractivity (Wildman–Crippen MR) is 79.2 cm³/mol. The van der Waals surface area contributed by atoms with Gasteiger partial charge in [0, 0.05) is 38.9 Å². The zero-order valence-electron chi connectivity index (χ0n) is 11.8. The van der Waals surface area contributed by atoms with E-state index in [9.17, 15) is 4.39 Å². The molecule has 0 aromatic heterocycles. The van der Waals surface area contributed by atoms with Crippen LogP contribution in [0.1, 0.15) is 0 Å². The Morgan fingerprint density at radius 3 is 2.45 bits per heavy atom. The molecule has 0 atom stereocenters. The lowest BCUT2D eigenvalue weighted by Crippen LogP contribution is -2.51. The number of piperazine rings is 1. The summed E-state index contributed by atoms with van der Waals surface area (Å²) in [7, 11) is 1.71. The van der Waals surface area contributed by atoms with Crippen LogP contribution in [-0.4, -0.2) is 57.4 Å². The van der Waals surface area contributed by atoms with Gasteiger partial charge in [-0.25, -0.2) is 4.39 Å². The number of benzene rings is 1. The number of rotatable bonds is 4. The maximum absolute atomic E-state index is 12.0. The minimum atomic E-state index is -0.468. The average molecular weight is 280 g/mol. The highest BCUT2D eigenvalue weighted by Crippen LogP contribution is 2.20. The lowest BCUT2D eigenvalue weighted by atomic mass is 10.2. The van der Waals surface area contributed by atoms with Gasteiger partial charge in [-0.15, -0.1) is 0 Å². The molecule has 110 valence electrons. The first-order valence-corrected chi connectivity index (χ1v) is 6.75. The van der Waals surface area contributed by atoms with Gasteiger partial charge < -0.3 is 20.3 Å². The number of hydrogen-bond acceptors (Lipinski definition) is 3. The number of nitrogens with two attached hydrogens (primary N) is 1. The molecular weight excluding hydrogens is 259 g/mol. The fourth-order valence-electron chi connectivity index (χ4n) is 2.24. The molecule has 0 spiro atoms. The number of aliphatic imine (C=N–C) groups is 1. The van der Waals surface area contributed by atoms with Crippen molar-refractivity contribution in [2.75, 3.05) is 51.4 Å². The maximum atomic E-state index is 12.0. The molecule has 0 bridgehead atoms. The van der Waals surface area contributed by atoms with E-state index >= 15 is 0 Å². The number of guanidine groups is 1. The molecule has 1 heterocycles. The summed E-state index contributed by atoms with van der Waals surface area (Å²) in [5.74, 6) is 1.30. The lowest BCUT2D eigenvalue weighted by molar-refractivity contribution is 0.273. The van der Waals surface area contributed by atoms with Crippen molar-refractivity contribution in [3.05, 3.63) is 24.3 Å². The fourth-order valence-corrected chi connectivity index (χ4v) is 2.24. The highest BCUT2D eigenvalue weighted by atomic mass is 19.1. The molecule has 0 unspecified atom stereocenters. The van der Waals surface area contributed by atoms with Gasteiger partial charge in [0.2, 0.25) is 0 Å². The minimum Gasteiger partial charge on any atom is -0.491 e. The SMILES string of the molecule is CN=C(N)N1CCN(c2ccc(OCCF)cc2)CC1. The van der Waals surface area contributed by atoms with Crippen LogP contribution in [0.4, 0.5) is 10.1 Å². The Kier molecular flexibility index (Phi) is 5.03. The van der Waals surface area contributed by atoms with Gasteiger partial charge in [-0.3, -0.25) is 4.99 Å². The van der Waals surface area contributed by atoms with Gasteiger partial charge in [-0.05, 0) is 24.3 Å². The Morgan fingerprint density at radius 1 is 1.25 bits per heavy atom. The van der Waals surface area contributed by atoms with Gasteiger partial charge >= 0.3 is 0 Å². The molecule has 1 aromatic carbocycles. The molecule has 2 N–H and O–H groups in total. The predicted octanol–water partition coefficient (Wildman–Crippen LogP) is 1.10. The van der Waals surface area contributed by atoms with Crippen molar-refractivity contribution >= 4 is 11.6 Å². The largest absolute Gasteiger partial charge is 0.491 e. The summed E-state index contributed by atoms with van der Waals surface area (Å²) in [4.78, 5) is 8.37. The summed E-state index contributed by atoms with van der Waals surface area (Å²) in [5, 5.41) is 0. The van der Waals surface area contributed by atoms with Crippen LogP contribution in [0.25, 0.3) is 0 Å². The molecule has 0 aliphatic carbocycles. The molecule has 1 aliphatic heterocycles. The van der Waals surface area contributed by atoms with E-state index in [0.717, 1.165) is 31.9 Å². The Bertz CT molecular complexity index is 441. The molecule has 0 amide bonds. The molecule has 20 heavy (non-hydrogen) atoms. The van der Waals surface area contributed by atoms with Gasteiger partial charge in [-0.1, -0.05) is 0 Å². The van der Waals surface area contributed by atoms with Crippen molar-refractivity contribution in [1.82, 2.24) is 4.90 Å². The Hall–Kier alpha value is -1.98. The van der Waals surface area contributed by atoms with Crippen molar-refractivity contribution in [3.63, 3.8) is 0 Å². The molecule has 0 radical (unpaired) electrons. The van der Waals surface area contributed by atoms with Crippen molar-refractivity contribution < 1.29 is 9.13 Å². The van der Waals surface area contributed by atoms with E-state index in [0.29, 0.717) is 11.7 Å². The summed E-state index contributed by atoms with van der Waals surface area (Å²) in [6.07, 6.45) is 0. The van der Waals surface area contributed by atoms with Gasteiger partial charge in [0.05, 0.1) is 0 Å². The third-order valence-corrected chi connectivity index (χ3v) is 3.38. The highest BCUT2D eigenvalue weighted by molar-refractivity contribution is 5.78. The van der Waals surface area contributed by atoms with Crippen LogP contribution in [0.15, 0.2) is 29.3 Å². The molecule has 1 saturated heterocycles. The van der Waals surface area contributed by atoms with Crippen LogP contribution >= 0.6 is 0 Å². The van der Waals surface area contributed by atoms with E-state index in [1.165, 1.54) is 0 Å². The van der Waals surface area contributed by atoms with E-state index in [1.54, 1.807) is 7.05 Å². The van der Waals surface area contributed by atoms with Crippen LogP contribution in [0.3, 0.4) is 0 Å². The monoisotopic (exact) mass is 280 g/mol. The zero-order chi connectivity index (χ0) is 14.4. The summed E-state index contributed by atoms with van der Waals surface area (Å²) < 4.78 is 17.2. The smallest absolute Gasteiger partial charge is 0.191 e. The maximum Gasteiger partial charge on any atom is 0.191 e. The Morgan fingerprint density at radius 2 is 1.90 bits per heavy atom. The fraction of sp³-hybridized carbons (Fsp3) is 0.500. The van der Waals surface area contributed by atoms with Gasteiger partial charge in [-0.2, -0.15) is 0 Å². The number of ether oxygens (including phenoxy) is 1. The molecule has 1 aromatic rings. The minimum absolute atomic E-state index is 0.105. The van der Waals surface area contributed by atoms with Gasteiger partial charge in [0.25, 0.3) is 0 Å². The second-order valence-electron chi connectivity index (χ2n) is 4.59. The van der Waals surface area contributed by atoms with Gasteiger partial charge in [0.15, 0.2) is 5.96 Å². The standard InChI is InChI=1S/C14H21FN4O/c1-17-14(16)19-9-7-18(8-10-19)12-2-4-13(5-3-12)20-11-6-15/h2-5H,6-11H2,1H3,(H2,16,17). The molecular formula is C14H21FN4O. The first-order valence-electron chi connectivity index (χ1n) is 6.75. The Balaban J connectivity index is 1.90. The van der Waals surface area contributed by atoms with Crippen LogP contribution in [0.5, 0.6) is 5.75 Å². The van der Waals surface area contributed by atoms with E-state index in [4.69, 9.17) is 10.5 Å². The first-order chi connectivity index (χ1) is 9.74. The summed E-state index contributed by atoms with van der Waals surface area (Å²) in [6.45, 7) is 3.17. The normalized spacial score (nSPS) is 16.4. The lowest BCUT2D eigenvalue weighted by Gasteiger charge is -2.36. The molecule has 1 aliphatic rings. The third-order valence-electron chi connectivity index (χ3n) is 3.38. The second-order valence-corrected chi connectivity index (χ2v) is 4.59. The Labute approximate surface area is 118 Å². The van der Waals surface area contributed by atoms with E-state index in [2.05, 4.69) is 14.8 Å². The summed E-state index contributed by atoms with van der Waals surface area (Å²) in [5.41, 5.74) is 6.95. The van der Waals surface area contributed by atoms with E-state index in [-0.39, 0.29) is 6.61 Å². The van der Waals surface area contributed by atoms with Crippen molar-refractivity contribution in [2.45, 2.75) is 0 Å². The van der Waals surface area contributed by atoms with Crippen LogP contribution in [0.2, 0.25) is 0 Å². The summed E-state index contributed by atoms with van der Waals surface area (Å²) in [6, 6.07) is 7.75. The van der Waals surface area contributed by atoms with Crippen LogP contribution < -0.4 is 15.4 Å². The second kappa shape index (κ2) is 6.98. The first kappa shape index (κ1) is 14.4. The van der Waals surface area contributed by atoms with Crippen molar-refractivity contribution in [3.8, 4) is 5.75 Å². The van der Waals surface area contributed by atoms with Gasteiger partial charge in [0.1, 0.15) is 19.0 Å². The summed E-state index contributed by atoms with van der Waals surface area (Å²) >= 11 is 0. The number of anilines is 1. The number of alkyl halides is 1. The quantitative estimate of drug-likeness (QED) is 0.663. The van der Waals surface area contributed by atoms with E-state index < -0.39 is 6.67 Å². The molecule has 6 heteroatoms. The van der Waals surface area contributed by atoms with Crippen molar-refractivity contribution in [2.24, 2.45) is 10.7 Å². The molecule has 0 saturated carbocycles. The van der Waals surface area contributed by atoms with Crippen molar-refractivity contribution in [1.29, 1.82) is 0 Å².